The van der Waals surface area contributed by atoms with Crippen molar-refractivity contribution >= 4 is 44.8 Å². The minimum Gasteiger partial charge on any atom is -0.322 e. The van der Waals surface area contributed by atoms with E-state index < -0.39 is 15.9 Å². The first-order chi connectivity index (χ1) is 11.7. The Kier molecular flexibility index (Phi) is 6.46. The summed E-state index contributed by atoms with van der Waals surface area (Å²) in [5, 5.41) is 3.34. The Morgan fingerprint density at radius 1 is 1.12 bits per heavy atom. The highest BCUT2D eigenvalue weighted by atomic mass is 35.5. The molecule has 0 spiro atoms. The molecule has 0 fully saturated rings. The van der Waals surface area contributed by atoms with Gasteiger partial charge in [0.15, 0.2) is 0 Å². The number of hydrogen-bond donors (Lipinski definition) is 2. The van der Waals surface area contributed by atoms with Gasteiger partial charge in [0.2, 0.25) is 10.0 Å². The molecule has 2 aromatic carbocycles. The van der Waals surface area contributed by atoms with E-state index in [-0.39, 0.29) is 21.5 Å². The highest BCUT2D eigenvalue weighted by molar-refractivity contribution is 7.89. The molecule has 2 rings (SSSR count). The number of halogens is 2. The number of sulfonamides is 1. The summed E-state index contributed by atoms with van der Waals surface area (Å²) in [5.41, 5.74) is 0.736. The van der Waals surface area contributed by atoms with Crippen molar-refractivity contribution in [3.05, 3.63) is 58.1 Å². The molecule has 0 heterocycles. The Balaban J connectivity index is 2.13. The number of nitrogens with one attached hydrogen (secondary N) is 2. The normalized spacial score (nSPS) is 12.6. The van der Waals surface area contributed by atoms with Gasteiger partial charge < -0.3 is 5.32 Å². The van der Waals surface area contributed by atoms with E-state index in [1.807, 2.05) is 6.92 Å². The zero-order valence-corrected chi connectivity index (χ0v) is 16.0. The van der Waals surface area contributed by atoms with Crippen molar-refractivity contribution in [3.8, 4) is 0 Å². The summed E-state index contributed by atoms with van der Waals surface area (Å²) in [6, 6.07) is 10.3. The van der Waals surface area contributed by atoms with Gasteiger partial charge in [0.25, 0.3) is 5.91 Å². The summed E-state index contributed by atoms with van der Waals surface area (Å²) in [6.45, 7) is 3.69. The van der Waals surface area contributed by atoms with Crippen LogP contribution in [0.2, 0.25) is 10.0 Å². The van der Waals surface area contributed by atoms with Crippen LogP contribution in [0.5, 0.6) is 0 Å². The number of carbonyl (C=O) groups is 1. The fourth-order valence-corrected chi connectivity index (χ4v) is 3.83. The molecular formula is C17H18Cl2N2O3S. The minimum absolute atomic E-state index is 0.135. The van der Waals surface area contributed by atoms with Crippen molar-refractivity contribution in [2.24, 2.45) is 0 Å². The zero-order chi connectivity index (χ0) is 18.6. The summed E-state index contributed by atoms with van der Waals surface area (Å²) in [6.07, 6.45) is 0.690. The Labute approximate surface area is 157 Å². The zero-order valence-electron chi connectivity index (χ0n) is 13.7. The van der Waals surface area contributed by atoms with Gasteiger partial charge in [0.05, 0.1) is 15.5 Å². The molecule has 2 N–H and O–H groups in total. The molecular weight excluding hydrogens is 383 g/mol. The molecule has 0 aliphatic rings. The van der Waals surface area contributed by atoms with E-state index in [0.717, 1.165) is 0 Å². The van der Waals surface area contributed by atoms with E-state index in [1.165, 1.54) is 36.4 Å². The summed E-state index contributed by atoms with van der Waals surface area (Å²) >= 11 is 11.8. The molecule has 0 aliphatic heterocycles. The Morgan fingerprint density at radius 2 is 1.76 bits per heavy atom. The van der Waals surface area contributed by atoms with Gasteiger partial charge in [-0.05, 0) is 55.8 Å². The van der Waals surface area contributed by atoms with Crippen molar-refractivity contribution in [1.29, 1.82) is 0 Å². The lowest BCUT2D eigenvalue weighted by Gasteiger charge is -2.12. The van der Waals surface area contributed by atoms with Crippen LogP contribution in [0.1, 0.15) is 30.6 Å². The number of hydrogen-bond acceptors (Lipinski definition) is 3. The summed E-state index contributed by atoms with van der Waals surface area (Å²) in [4.78, 5) is 12.4. The van der Waals surface area contributed by atoms with Gasteiger partial charge in [-0.1, -0.05) is 30.1 Å². The molecule has 5 nitrogen and oxygen atoms in total. The highest BCUT2D eigenvalue weighted by Gasteiger charge is 2.17. The Bertz CT molecular complexity index is 868. The largest absolute Gasteiger partial charge is 0.322 e. The lowest BCUT2D eigenvalue weighted by atomic mass is 10.2. The summed E-state index contributed by atoms with van der Waals surface area (Å²) in [7, 11) is -3.58. The van der Waals surface area contributed by atoms with Gasteiger partial charge in [0, 0.05) is 16.8 Å². The standard InChI is InChI=1S/C17H18Cl2N2O3S/c1-3-11(2)21-25(23,24)14-7-5-13(6-8-14)20-17(22)15-9-4-12(18)10-16(15)19/h4-11,21H,3H2,1-2H3,(H,20,22)/t11-/m1/s1. The van der Waals surface area contributed by atoms with E-state index >= 15 is 0 Å². The quantitative estimate of drug-likeness (QED) is 0.757. The molecule has 0 unspecified atom stereocenters. The Morgan fingerprint density at radius 3 is 2.32 bits per heavy atom. The topological polar surface area (TPSA) is 75.3 Å². The molecule has 25 heavy (non-hydrogen) atoms. The van der Waals surface area contributed by atoms with Gasteiger partial charge in [-0.15, -0.1) is 0 Å². The van der Waals surface area contributed by atoms with E-state index in [0.29, 0.717) is 17.1 Å². The third kappa shape index (κ3) is 5.19. The Hall–Kier alpha value is -1.60. The SMILES string of the molecule is CC[C@@H](C)NS(=O)(=O)c1ccc(NC(=O)c2ccc(Cl)cc2Cl)cc1. The average Bonchev–Trinajstić information content (AvgIpc) is 2.54. The monoisotopic (exact) mass is 400 g/mol. The molecule has 0 radical (unpaired) electrons. The fraction of sp³-hybridized carbons (Fsp3) is 0.235. The summed E-state index contributed by atoms with van der Waals surface area (Å²) < 4.78 is 27.0. The van der Waals surface area contributed by atoms with Gasteiger partial charge in [0.1, 0.15) is 0 Å². The molecule has 0 aromatic heterocycles. The third-order valence-electron chi connectivity index (χ3n) is 3.57. The predicted molar refractivity (Wildman–Crippen MR) is 101 cm³/mol. The van der Waals surface area contributed by atoms with E-state index in [4.69, 9.17) is 23.2 Å². The van der Waals surface area contributed by atoms with Crippen molar-refractivity contribution in [2.75, 3.05) is 5.32 Å². The first-order valence-electron chi connectivity index (χ1n) is 7.61. The number of carbonyl (C=O) groups excluding carboxylic acids is 1. The van der Waals surface area contributed by atoms with Crippen LogP contribution in [0.4, 0.5) is 5.69 Å². The number of benzene rings is 2. The number of anilines is 1. The molecule has 0 saturated heterocycles. The average molecular weight is 401 g/mol. The third-order valence-corrected chi connectivity index (χ3v) is 5.72. The first kappa shape index (κ1) is 19.7. The molecule has 8 heteroatoms. The van der Waals surface area contributed by atoms with Crippen LogP contribution in [-0.2, 0) is 10.0 Å². The minimum atomic E-state index is -3.58. The molecule has 0 saturated carbocycles. The van der Waals surface area contributed by atoms with Crippen molar-refractivity contribution in [3.63, 3.8) is 0 Å². The highest BCUT2D eigenvalue weighted by Crippen LogP contribution is 2.22. The van der Waals surface area contributed by atoms with Gasteiger partial charge in [-0.25, -0.2) is 13.1 Å². The maximum Gasteiger partial charge on any atom is 0.257 e. The molecule has 0 bridgehead atoms. The van der Waals surface area contributed by atoms with Crippen molar-refractivity contribution in [2.45, 2.75) is 31.2 Å². The van der Waals surface area contributed by atoms with Gasteiger partial charge in [-0.2, -0.15) is 0 Å². The second kappa shape index (κ2) is 8.19. The maximum absolute atomic E-state index is 12.2. The van der Waals surface area contributed by atoms with Crippen LogP contribution in [0.3, 0.4) is 0 Å². The van der Waals surface area contributed by atoms with Crippen LogP contribution >= 0.6 is 23.2 Å². The second-order valence-electron chi connectivity index (χ2n) is 5.53. The molecule has 1 atom stereocenters. The number of rotatable bonds is 6. The first-order valence-corrected chi connectivity index (χ1v) is 9.85. The smallest absolute Gasteiger partial charge is 0.257 e. The van der Waals surface area contributed by atoms with Crippen LogP contribution in [-0.4, -0.2) is 20.4 Å². The van der Waals surface area contributed by atoms with Crippen molar-refractivity contribution in [1.82, 2.24) is 4.72 Å². The maximum atomic E-state index is 12.2. The second-order valence-corrected chi connectivity index (χ2v) is 8.09. The van der Waals surface area contributed by atoms with E-state index in [9.17, 15) is 13.2 Å². The van der Waals surface area contributed by atoms with E-state index in [2.05, 4.69) is 10.0 Å². The molecule has 134 valence electrons. The van der Waals surface area contributed by atoms with Crippen molar-refractivity contribution < 1.29 is 13.2 Å². The lowest BCUT2D eigenvalue weighted by molar-refractivity contribution is 0.102. The van der Waals surface area contributed by atoms with Gasteiger partial charge in [-0.3, -0.25) is 4.79 Å². The van der Waals surface area contributed by atoms with Crippen LogP contribution in [0, 0.1) is 0 Å². The van der Waals surface area contributed by atoms with Crippen LogP contribution < -0.4 is 10.0 Å². The van der Waals surface area contributed by atoms with Crippen LogP contribution in [0.25, 0.3) is 0 Å². The molecule has 1 amide bonds. The number of amides is 1. The summed E-state index contributed by atoms with van der Waals surface area (Å²) in [5.74, 6) is -0.407. The van der Waals surface area contributed by atoms with E-state index in [1.54, 1.807) is 13.0 Å². The fourth-order valence-electron chi connectivity index (χ4n) is 2.01. The predicted octanol–water partition coefficient (Wildman–Crippen LogP) is 4.32. The lowest BCUT2D eigenvalue weighted by Crippen LogP contribution is -2.31. The van der Waals surface area contributed by atoms with Crippen LogP contribution in [0.15, 0.2) is 47.4 Å². The molecule has 0 aliphatic carbocycles. The van der Waals surface area contributed by atoms with Gasteiger partial charge >= 0.3 is 0 Å². The molecule has 2 aromatic rings.